The maximum absolute atomic E-state index is 13.0. The number of rotatable bonds is 12. The summed E-state index contributed by atoms with van der Waals surface area (Å²) < 4.78 is 10.0. The highest BCUT2D eigenvalue weighted by Crippen LogP contribution is 2.22. The molecule has 2 amide bonds. The molecule has 1 aromatic heterocycles. The smallest absolute Gasteiger partial charge is 0.407 e. The van der Waals surface area contributed by atoms with Crippen molar-refractivity contribution in [3.05, 3.63) is 71.9 Å². The SMILES string of the molecule is COC(=O)[C@H](CCCCNC(=O)OCc1ccccc1)NC(=O)[C@](C)(N)Cc1c[nH]c2ccccc12. The van der Waals surface area contributed by atoms with Crippen LogP contribution in [0.15, 0.2) is 60.8 Å². The molecule has 0 unspecified atom stereocenters. The van der Waals surface area contributed by atoms with Crippen LogP contribution in [-0.2, 0) is 32.1 Å². The Kier molecular flexibility index (Phi) is 9.46. The third kappa shape index (κ3) is 7.58. The van der Waals surface area contributed by atoms with Gasteiger partial charge in [0, 0.05) is 30.1 Å². The summed E-state index contributed by atoms with van der Waals surface area (Å²) in [6, 6.07) is 16.4. The summed E-state index contributed by atoms with van der Waals surface area (Å²) in [6.45, 7) is 2.22. The van der Waals surface area contributed by atoms with Gasteiger partial charge in [-0.2, -0.15) is 0 Å². The molecule has 5 N–H and O–H groups in total. The summed E-state index contributed by atoms with van der Waals surface area (Å²) in [5, 5.41) is 6.43. The number of benzene rings is 2. The van der Waals surface area contributed by atoms with Crippen molar-refractivity contribution in [2.24, 2.45) is 5.73 Å². The van der Waals surface area contributed by atoms with Crippen molar-refractivity contribution in [1.82, 2.24) is 15.6 Å². The fourth-order valence-electron chi connectivity index (χ4n) is 3.91. The molecule has 3 rings (SSSR count). The fraction of sp³-hybridized carbons (Fsp3) is 0.370. The number of ether oxygens (including phenoxy) is 2. The molecule has 2 atom stereocenters. The first-order valence-electron chi connectivity index (χ1n) is 12.0. The second-order valence-electron chi connectivity index (χ2n) is 8.99. The highest BCUT2D eigenvalue weighted by atomic mass is 16.5. The van der Waals surface area contributed by atoms with Gasteiger partial charge in [0.25, 0.3) is 0 Å². The molecule has 0 saturated heterocycles. The Balaban J connectivity index is 1.44. The first kappa shape index (κ1) is 26.7. The summed E-state index contributed by atoms with van der Waals surface area (Å²) in [5.74, 6) is -0.979. The number of fused-ring (bicyclic) bond motifs is 1. The monoisotopic (exact) mass is 494 g/mol. The zero-order valence-corrected chi connectivity index (χ0v) is 20.7. The summed E-state index contributed by atoms with van der Waals surface area (Å²) in [7, 11) is 1.28. The highest BCUT2D eigenvalue weighted by Gasteiger charge is 2.33. The quantitative estimate of drug-likeness (QED) is 0.226. The van der Waals surface area contributed by atoms with Gasteiger partial charge in [0.05, 0.1) is 12.6 Å². The molecule has 0 aliphatic heterocycles. The van der Waals surface area contributed by atoms with Gasteiger partial charge in [-0.3, -0.25) is 4.79 Å². The molecule has 9 heteroatoms. The van der Waals surface area contributed by atoms with Gasteiger partial charge < -0.3 is 30.8 Å². The number of nitrogens with one attached hydrogen (secondary N) is 3. The number of alkyl carbamates (subject to hydrolysis) is 1. The van der Waals surface area contributed by atoms with Gasteiger partial charge in [-0.05, 0) is 43.4 Å². The molecule has 0 fully saturated rings. The van der Waals surface area contributed by atoms with Gasteiger partial charge in [0.15, 0.2) is 0 Å². The molecule has 0 spiro atoms. The summed E-state index contributed by atoms with van der Waals surface area (Å²) in [4.78, 5) is 40.3. The van der Waals surface area contributed by atoms with Crippen molar-refractivity contribution >= 4 is 28.9 Å². The topological polar surface area (TPSA) is 136 Å². The molecule has 1 heterocycles. The predicted octanol–water partition coefficient (Wildman–Crippen LogP) is 3.18. The molecular formula is C27H34N4O5. The van der Waals surface area contributed by atoms with Crippen molar-refractivity contribution < 1.29 is 23.9 Å². The van der Waals surface area contributed by atoms with E-state index < -0.39 is 29.6 Å². The fourth-order valence-corrected chi connectivity index (χ4v) is 3.91. The second kappa shape index (κ2) is 12.7. The average molecular weight is 495 g/mol. The number of nitrogens with two attached hydrogens (primary N) is 1. The van der Waals surface area contributed by atoms with Gasteiger partial charge in [0.1, 0.15) is 12.6 Å². The first-order chi connectivity index (χ1) is 17.3. The number of esters is 1. The van der Waals surface area contributed by atoms with E-state index in [2.05, 4.69) is 15.6 Å². The minimum atomic E-state index is -1.23. The van der Waals surface area contributed by atoms with Gasteiger partial charge in [-0.1, -0.05) is 48.5 Å². The molecule has 0 aliphatic carbocycles. The van der Waals surface area contributed by atoms with E-state index in [4.69, 9.17) is 15.2 Å². The normalized spacial score (nSPS) is 13.4. The highest BCUT2D eigenvalue weighted by molar-refractivity contribution is 5.91. The Labute approximate surface area is 210 Å². The van der Waals surface area contributed by atoms with Crippen LogP contribution in [0.4, 0.5) is 4.79 Å². The maximum Gasteiger partial charge on any atom is 0.407 e. The lowest BCUT2D eigenvalue weighted by Crippen LogP contribution is -2.57. The van der Waals surface area contributed by atoms with Crippen molar-refractivity contribution in [3.63, 3.8) is 0 Å². The lowest BCUT2D eigenvalue weighted by atomic mass is 9.92. The molecule has 192 valence electrons. The molecule has 36 heavy (non-hydrogen) atoms. The molecule has 0 radical (unpaired) electrons. The van der Waals surface area contributed by atoms with Crippen LogP contribution >= 0.6 is 0 Å². The van der Waals surface area contributed by atoms with Crippen molar-refractivity contribution in [2.75, 3.05) is 13.7 Å². The number of para-hydroxylation sites is 1. The van der Waals surface area contributed by atoms with Crippen molar-refractivity contribution in [1.29, 1.82) is 0 Å². The number of aromatic nitrogens is 1. The van der Waals surface area contributed by atoms with Crippen LogP contribution in [0.3, 0.4) is 0 Å². The largest absolute Gasteiger partial charge is 0.467 e. The summed E-state index contributed by atoms with van der Waals surface area (Å²) >= 11 is 0. The number of carbonyl (C=O) groups is 3. The molecule has 3 aromatic rings. The van der Waals surface area contributed by atoms with E-state index in [9.17, 15) is 14.4 Å². The number of hydrogen-bond donors (Lipinski definition) is 4. The van der Waals surface area contributed by atoms with E-state index in [0.717, 1.165) is 22.0 Å². The van der Waals surface area contributed by atoms with Gasteiger partial charge in [0.2, 0.25) is 5.91 Å². The molecule has 0 saturated carbocycles. The minimum absolute atomic E-state index is 0.194. The van der Waals surface area contributed by atoms with Crippen LogP contribution in [-0.4, -0.2) is 48.2 Å². The van der Waals surface area contributed by atoms with E-state index in [1.807, 2.05) is 60.8 Å². The summed E-state index contributed by atoms with van der Waals surface area (Å²) in [5.41, 5.74) is 7.93. The average Bonchev–Trinajstić information content (AvgIpc) is 3.28. The third-order valence-corrected chi connectivity index (χ3v) is 5.94. The van der Waals surface area contributed by atoms with E-state index in [0.29, 0.717) is 32.2 Å². The molecule has 0 bridgehead atoms. The lowest BCUT2D eigenvalue weighted by Gasteiger charge is -2.26. The van der Waals surface area contributed by atoms with Crippen molar-refractivity contribution in [3.8, 4) is 0 Å². The summed E-state index contributed by atoms with van der Waals surface area (Å²) in [6.07, 6.45) is 3.15. The van der Waals surface area contributed by atoms with E-state index in [1.54, 1.807) is 6.92 Å². The number of amides is 2. The van der Waals surface area contributed by atoms with Crippen molar-refractivity contribution in [2.45, 2.75) is 50.8 Å². The number of unbranched alkanes of at least 4 members (excludes halogenated alkanes) is 1. The number of methoxy groups -OCH3 is 1. The molecule has 0 aliphatic rings. The standard InChI is InChI=1S/C27H34N4O5/c1-27(28,16-20-17-30-22-13-7-6-12-21(20)22)25(33)31-23(24(32)35-2)14-8-9-15-29-26(34)36-18-19-10-4-3-5-11-19/h3-7,10-13,17,23,30H,8-9,14-16,18,28H2,1-2H3,(H,29,34)(H,31,33)/t23-,27+/m0/s1. The Morgan fingerprint density at radius 3 is 2.53 bits per heavy atom. The van der Waals surface area contributed by atoms with Crippen LogP contribution in [0.2, 0.25) is 0 Å². The van der Waals surface area contributed by atoms with E-state index in [1.165, 1.54) is 7.11 Å². The first-order valence-corrected chi connectivity index (χ1v) is 12.0. The van der Waals surface area contributed by atoms with Crippen LogP contribution < -0.4 is 16.4 Å². The number of carbonyl (C=O) groups excluding carboxylic acids is 3. The molecule has 2 aromatic carbocycles. The minimum Gasteiger partial charge on any atom is -0.467 e. The van der Waals surface area contributed by atoms with Crippen LogP contribution in [0.5, 0.6) is 0 Å². The van der Waals surface area contributed by atoms with Gasteiger partial charge in [-0.15, -0.1) is 0 Å². The van der Waals surface area contributed by atoms with Gasteiger partial charge in [-0.25, -0.2) is 9.59 Å². The third-order valence-electron chi connectivity index (χ3n) is 5.94. The number of aromatic amines is 1. The van der Waals surface area contributed by atoms with Crippen LogP contribution in [0, 0.1) is 0 Å². The molecular weight excluding hydrogens is 460 g/mol. The number of hydrogen-bond acceptors (Lipinski definition) is 6. The number of H-pyrrole nitrogens is 1. The zero-order valence-electron chi connectivity index (χ0n) is 20.7. The van der Waals surface area contributed by atoms with Gasteiger partial charge >= 0.3 is 12.1 Å². The Hall–Kier alpha value is -3.85. The van der Waals surface area contributed by atoms with E-state index >= 15 is 0 Å². The van der Waals surface area contributed by atoms with Crippen LogP contribution in [0.25, 0.3) is 10.9 Å². The zero-order chi connectivity index (χ0) is 26.0. The lowest BCUT2D eigenvalue weighted by molar-refractivity contribution is -0.145. The maximum atomic E-state index is 13.0. The predicted molar refractivity (Wildman–Crippen MR) is 137 cm³/mol. The van der Waals surface area contributed by atoms with E-state index in [-0.39, 0.29) is 6.61 Å². The Bertz CT molecular complexity index is 1160. The van der Waals surface area contributed by atoms with Crippen LogP contribution in [0.1, 0.15) is 37.3 Å². The second-order valence-corrected chi connectivity index (χ2v) is 8.99. The Morgan fingerprint density at radius 1 is 1.06 bits per heavy atom. The Morgan fingerprint density at radius 2 is 1.78 bits per heavy atom. The molecule has 9 nitrogen and oxygen atoms in total.